The Morgan fingerprint density at radius 1 is 1.67 bits per heavy atom. The van der Waals surface area contributed by atoms with E-state index >= 15 is 0 Å². The molecule has 0 radical (unpaired) electrons. The van der Waals surface area contributed by atoms with Gasteiger partial charge in [-0.25, -0.2) is 4.79 Å². The summed E-state index contributed by atoms with van der Waals surface area (Å²) in [5.74, 6) is -0.840. The van der Waals surface area contributed by atoms with Crippen LogP contribution in [0.4, 0.5) is 0 Å². The molecule has 1 aliphatic carbocycles. The van der Waals surface area contributed by atoms with Gasteiger partial charge in [0.1, 0.15) is 0 Å². The van der Waals surface area contributed by atoms with Gasteiger partial charge in [-0.05, 0) is 32.3 Å². The molecule has 4 heteroatoms. The van der Waals surface area contributed by atoms with Crippen LogP contribution in [0.1, 0.15) is 41.4 Å². The van der Waals surface area contributed by atoms with E-state index in [1.807, 2.05) is 0 Å². The Balaban J connectivity index is 1.90. The summed E-state index contributed by atoms with van der Waals surface area (Å²) < 4.78 is 0. The van der Waals surface area contributed by atoms with E-state index in [1.54, 1.807) is 11.4 Å². The lowest BCUT2D eigenvalue weighted by atomic mass is 9.78. The zero-order valence-corrected chi connectivity index (χ0v) is 9.56. The minimum Gasteiger partial charge on any atom is -0.478 e. The molecule has 1 fully saturated rings. The summed E-state index contributed by atoms with van der Waals surface area (Å²) >= 11 is 1.51. The van der Waals surface area contributed by atoms with Crippen LogP contribution < -0.4 is 5.32 Å². The van der Waals surface area contributed by atoms with Crippen LogP contribution in [0, 0.1) is 0 Å². The van der Waals surface area contributed by atoms with Crippen molar-refractivity contribution in [2.45, 2.75) is 38.3 Å². The molecule has 2 rings (SSSR count). The third-order valence-electron chi connectivity index (χ3n) is 3.05. The number of nitrogens with one attached hydrogen (secondary N) is 1. The first kappa shape index (κ1) is 10.6. The van der Waals surface area contributed by atoms with Gasteiger partial charge >= 0.3 is 5.97 Å². The van der Waals surface area contributed by atoms with E-state index in [1.165, 1.54) is 30.6 Å². The first-order chi connectivity index (χ1) is 7.09. The Morgan fingerprint density at radius 2 is 2.40 bits per heavy atom. The Morgan fingerprint density at radius 3 is 2.87 bits per heavy atom. The molecule has 0 saturated heterocycles. The van der Waals surface area contributed by atoms with Crippen molar-refractivity contribution in [3.63, 3.8) is 0 Å². The van der Waals surface area contributed by atoms with Crippen molar-refractivity contribution in [2.24, 2.45) is 0 Å². The Kier molecular flexibility index (Phi) is 2.80. The van der Waals surface area contributed by atoms with E-state index in [0.717, 1.165) is 11.4 Å². The minimum absolute atomic E-state index is 0.285. The van der Waals surface area contributed by atoms with Crippen molar-refractivity contribution in [1.29, 1.82) is 0 Å². The SMILES string of the molecule is CC1(NCc2cc(C(=O)O)cs2)CCC1. The molecular weight excluding hydrogens is 210 g/mol. The summed E-state index contributed by atoms with van der Waals surface area (Å²) in [6.45, 7) is 3.01. The van der Waals surface area contributed by atoms with Crippen LogP contribution in [0.5, 0.6) is 0 Å². The summed E-state index contributed by atoms with van der Waals surface area (Å²) in [7, 11) is 0. The number of aromatic carboxylic acids is 1. The van der Waals surface area contributed by atoms with Crippen molar-refractivity contribution in [1.82, 2.24) is 5.32 Å². The van der Waals surface area contributed by atoms with Gasteiger partial charge in [0.05, 0.1) is 5.56 Å². The maximum absolute atomic E-state index is 10.7. The Labute approximate surface area is 93.1 Å². The molecular formula is C11H15NO2S. The second-order valence-corrected chi connectivity index (χ2v) is 5.37. The molecule has 3 nitrogen and oxygen atoms in total. The third kappa shape index (κ3) is 2.38. The number of carbonyl (C=O) groups is 1. The number of rotatable bonds is 4. The molecule has 1 heterocycles. The lowest BCUT2D eigenvalue weighted by Crippen LogP contribution is -2.47. The molecule has 2 N–H and O–H groups in total. The lowest BCUT2D eigenvalue weighted by Gasteiger charge is -2.39. The Hall–Kier alpha value is -0.870. The maximum atomic E-state index is 10.7. The van der Waals surface area contributed by atoms with Crippen LogP contribution in [0.15, 0.2) is 11.4 Å². The van der Waals surface area contributed by atoms with Crippen LogP contribution in [-0.4, -0.2) is 16.6 Å². The van der Waals surface area contributed by atoms with Gasteiger partial charge in [-0.15, -0.1) is 11.3 Å². The van der Waals surface area contributed by atoms with Gasteiger partial charge in [-0.2, -0.15) is 0 Å². The van der Waals surface area contributed by atoms with Gasteiger partial charge in [0.25, 0.3) is 0 Å². The normalized spacial score (nSPS) is 18.5. The molecule has 1 aliphatic rings. The smallest absolute Gasteiger partial charge is 0.336 e. The summed E-state index contributed by atoms with van der Waals surface area (Å²) in [5, 5.41) is 13.9. The number of carboxylic acid groups (broad SMARTS) is 1. The van der Waals surface area contributed by atoms with Crippen molar-refractivity contribution in [3.05, 3.63) is 21.9 Å². The minimum atomic E-state index is -0.840. The molecule has 0 bridgehead atoms. The molecule has 1 aromatic heterocycles. The summed E-state index contributed by atoms with van der Waals surface area (Å²) in [6.07, 6.45) is 3.75. The van der Waals surface area contributed by atoms with Crippen molar-refractivity contribution in [3.8, 4) is 0 Å². The van der Waals surface area contributed by atoms with Gasteiger partial charge in [0.15, 0.2) is 0 Å². The van der Waals surface area contributed by atoms with E-state index in [0.29, 0.717) is 5.56 Å². The van der Waals surface area contributed by atoms with E-state index in [2.05, 4.69) is 12.2 Å². The maximum Gasteiger partial charge on any atom is 0.336 e. The van der Waals surface area contributed by atoms with Crippen molar-refractivity contribution >= 4 is 17.3 Å². The summed E-state index contributed by atoms with van der Waals surface area (Å²) in [4.78, 5) is 11.8. The fraction of sp³-hybridized carbons (Fsp3) is 0.545. The van der Waals surface area contributed by atoms with Gasteiger partial charge < -0.3 is 10.4 Å². The second kappa shape index (κ2) is 3.94. The predicted octanol–water partition coefficient (Wildman–Crippen LogP) is 2.48. The molecule has 0 spiro atoms. The van der Waals surface area contributed by atoms with Crippen LogP contribution in [0.2, 0.25) is 0 Å². The molecule has 0 aliphatic heterocycles. The average Bonchev–Trinajstić information content (AvgIpc) is 2.60. The highest BCUT2D eigenvalue weighted by molar-refractivity contribution is 7.10. The van der Waals surface area contributed by atoms with Crippen LogP contribution >= 0.6 is 11.3 Å². The van der Waals surface area contributed by atoms with E-state index in [-0.39, 0.29) is 5.54 Å². The fourth-order valence-corrected chi connectivity index (χ4v) is 2.57. The highest BCUT2D eigenvalue weighted by Gasteiger charge is 2.30. The van der Waals surface area contributed by atoms with Crippen LogP contribution in [0.3, 0.4) is 0 Å². The monoisotopic (exact) mass is 225 g/mol. The average molecular weight is 225 g/mol. The molecule has 1 saturated carbocycles. The molecule has 0 unspecified atom stereocenters. The highest BCUT2D eigenvalue weighted by Crippen LogP contribution is 2.31. The molecule has 15 heavy (non-hydrogen) atoms. The zero-order chi connectivity index (χ0) is 10.9. The summed E-state index contributed by atoms with van der Waals surface area (Å²) in [6, 6.07) is 1.75. The first-order valence-corrected chi connectivity index (χ1v) is 6.03. The zero-order valence-electron chi connectivity index (χ0n) is 8.75. The first-order valence-electron chi connectivity index (χ1n) is 5.15. The van der Waals surface area contributed by atoms with Gasteiger partial charge in [-0.3, -0.25) is 0 Å². The predicted molar refractivity (Wildman–Crippen MR) is 60.4 cm³/mol. The fourth-order valence-electron chi connectivity index (χ4n) is 1.77. The van der Waals surface area contributed by atoms with Gasteiger partial charge in [-0.1, -0.05) is 0 Å². The van der Waals surface area contributed by atoms with Gasteiger partial charge in [0.2, 0.25) is 0 Å². The van der Waals surface area contributed by atoms with Crippen molar-refractivity contribution < 1.29 is 9.90 Å². The molecule has 0 atom stereocenters. The van der Waals surface area contributed by atoms with Gasteiger partial charge in [0, 0.05) is 22.3 Å². The molecule has 82 valence electrons. The molecule has 0 aromatic carbocycles. The third-order valence-corrected chi connectivity index (χ3v) is 3.98. The highest BCUT2D eigenvalue weighted by atomic mass is 32.1. The van der Waals surface area contributed by atoms with Crippen LogP contribution in [0.25, 0.3) is 0 Å². The number of hydrogen-bond acceptors (Lipinski definition) is 3. The molecule has 1 aromatic rings. The molecule has 0 amide bonds. The van der Waals surface area contributed by atoms with Crippen molar-refractivity contribution in [2.75, 3.05) is 0 Å². The lowest BCUT2D eigenvalue weighted by molar-refractivity contribution is 0.0697. The largest absolute Gasteiger partial charge is 0.478 e. The standard InChI is InChI=1S/C11H15NO2S/c1-11(3-2-4-11)12-6-9-5-8(7-15-9)10(13)14/h5,7,12H,2-4,6H2,1H3,(H,13,14). The van der Waals surface area contributed by atoms with E-state index in [4.69, 9.17) is 5.11 Å². The number of thiophene rings is 1. The topological polar surface area (TPSA) is 49.3 Å². The number of hydrogen-bond donors (Lipinski definition) is 2. The summed E-state index contributed by atoms with van der Waals surface area (Å²) in [5.41, 5.74) is 0.684. The Bertz CT molecular complexity index is 368. The van der Waals surface area contributed by atoms with E-state index < -0.39 is 5.97 Å². The second-order valence-electron chi connectivity index (χ2n) is 4.37. The van der Waals surface area contributed by atoms with E-state index in [9.17, 15) is 4.79 Å². The quantitative estimate of drug-likeness (QED) is 0.827. The van der Waals surface area contributed by atoms with Crippen LogP contribution in [-0.2, 0) is 6.54 Å². The number of carboxylic acids is 1.